The first kappa shape index (κ1) is 14.9. The Balaban J connectivity index is 2.87. The van der Waals surface area contributed by atoms with Crippen molar-refractivity contribution in [2.75, 3.05) is 25.2 Å². The average molecular weight is 267 g/mol. The highest BCUT2D eigenvalue weighted by molar-refractivity contribution is 7.80. The van der Waals surface area contributed by atoms with E-state index in [0.29, 0.717) is 23.3 Å². The molecule has 100 valence electrons. The summed E-state index contributed by atoms with van der Waals surface area (Å²) in [5, 5.41) is 0. The highest BCUT2D eigenvalue weighted by Crippen LogP contribution is 2.17. The second-order valence-electron chi connectivity index (χ2n) is 4.21. The van der Waals surface area contributed by atoms with Crippen molar-refractivity contribution in [3.63, 3.8) is 0 Å². The van der Waals surface area contributed by atoms with Crippen LogP contribution in [0, 0.1) is 0 Å². The number of aromatic nitrogens is 1. The van der Waals surface area contributed by atoms with Crippen LogP contribution < -0.4 is 10.6 Å². The molecule has 0 aliphatic carbocycles. The molecule has 1 rings (SSSR count). The number of hydrogen-bond donors (Lipinski definition) is 1. The van der Waals surface area contributed by atoms with Gasteiger partial charge in [-0.1, -0.05) is 19.1 Å². The van der Waals surface area contributed by atoms with Crippen LogP contribution in [-0.2, 0) is 4.74 Å². The first-order chi connectivity index (χ1) is 8.60. The Morgan fingerprint density at radius 1 is 1.56 bits per heavy atom. The summed E-state index contributed by atoms with van der Waals surface area (Å²) in [4.78, 5) is 6.88. The molecule has 0 spiro atoms. The highest BCUT2D eigenvalue weighted by atomic mass is 32.1. The van der Waals surface area contributed by atoms with Gasteiger partial charge in [0.1, 0.15) is 4.99 Å². The third-order valence-corrected chi connectivity index (χ3v) is 3.20. The number of hydrogen-bond acceptors (Lipinski definition) is 4. The van der Waals surface area contributed by atoms with Gasteiger partial charge in [0.05, 0.1) is 24.2 Å². The summed E-state index contributed by atoms with van der Waals surface area (Å²) in [5.74, 6) is 0. The molecule has 1 atom stereocenters. The Kier molecular flexibility index (Phi) is 6.01. The van der Waals surface area contributed by atoms with E-state index in [0.717, 1.165) is 18.7 Å². The topological polar surface area (TPSA) is 51.4 Å². The van der Waals surface area contributed by atoms with Crippen molar-refractivity contribution in [2.45, 2.75) is 26.3 Å². The van der Waals surface area contributed by atoms with Crippen LogP contribution in [0.2, 0.25) is 0 Å². The second-order valence-corrected chi connectivity index (χ2v) is 4.65. The van der Waals surface area contributed by atoms with E-state index in [4.69, 9.17) is 22.7 Å². The van der Waals surface area contributed by atoms with Gasteiger partial charge in [0, 0.05) is 19.7 Å². The van der Waals surface area contributed by atoms with Crippen LogP contribution in [0.3, 0.4) is 0 Å². The summed E-state index contributed by atoms with van der Waals surface area (Å²) in [6, 6.07) is 4.31. The van der Waals surface area contributed by atoms with Gasteiger partial charge in [0.25, 0.3) is 0 Å². The minimum atomic E-state index is 0.327. The van der Waals surface area contributed by atoms with Crippen molar-refractivity contribution < 1.29 is 4.74 Å². The van der Waals surface area contributed by atoms with Crippen molar-refractivity contribution in [1.29, 1.82) is 0 Å². The molecule has 0 amide bonds. The first-order valence-electron chi connectivity index (χ1n) is 6.11. The first-order valence-corrected chi connectivity index (χ1v) is 6.52. The largest absolute Gasteiger partial charge is 0.388 e. The molecule has 1 heterocycles. The van der Waals surface area contributed by atoms with Crippen LogP contribution in [0.5, 0.6) is 0 Å². The van der Waals surface area contributed by atoms with Gasteiger partial charge in [-0.3, -0.25) is 4.98 Å². The number of rotatable bonds is 7. The van der Waals surface area contributed by atoms with Crippen LogP contribution in [0.15, 0.2) is 18.3 Å². The van der Waals surface area contributed by atoms with E-state index < -0.39 is 0 Å². The van der Waals surface area contributed by atoms with Crippen molar-refractivity contribution in [2.24, 2.45) is 5.73 Å². The maximum Gasteiger partial charge on any atom is 0.122 e. The Hall–Kier alpha value is -1.20. The van der Waals surface area contributed by atoms with E-state index in [9.17, 15) is 0 Å². The minimum Gasteiger partial charge on any atom is -0.388 e. The molecule has 0 fully saturated rings. The van der Waals surface area contributed by atoms with Gasteiger partial charge in [0.15, 0.2) is 0 Å². The molecular formula is C13H21N3OS. The molecule has 0 aliphatic rings. The van der Waals surface area contributed by atoms with Crippen molar-refractivity contribution in [1.82, 2.24) is 4.98 Å². The third-order valence-electron chi connectivity index (χ3n) is 2.99. The van der Waals surface area contributed by atoms with E-state index in [-0.39, 0.29) is 0 Å². The van der Waals surface area contributed by atoms with Crippen LogP contribution >= 0.6 is 12.2 Å². The monoisotopic (exact) mass is 267 g/mol. The number of ether oxygens (including phenoxy) is 1. The Morgan fingerprint density at radius 2 is 2.28 bits per heavy atom. The smallest absolute Gasteiger partial charge is 0.122 e. The van der Waals surface area contributed by atoms with Gasteiger partial charge >= 0.3 is 0 Å². The van der Waals surface area contributed by atoms with Crippen LogP contribution in [-0.4, -0.2) is 36.3 Å². The predicted octanol–water partition coefficient (Wildman–Crippen LogP) is 1.97. The molecular weight excluding hydrogens is 246 g/mol. The summed E-state index contributed by atoms with van der Waals surface area (Å²) in [6.07, 6.45) is 2.89. The zero-order valence-electron chi connectivity index (χ0n) is 11.2. The maximum absolute atomic E-state index is 5.54. The fraction of sp³-hybridized carbons (Fsp3) is 0.538. The van der Waals surface area contributed by atoms with Gasteiger partial charge < -0.3 is 15.4 Å². The highest BCUT2D eigenvalue weighted by Gasteiger charge is 2.13. The lowest BCUT2D eigenvalue weighted by atomic mass is 10.2. The Bertz CT molecular complexity index is 380. The maximum atomic E-state index is 5.54. The molecule has 1 unspecified atom stereocenters. The third kappa shape index (κ3) is 3.92. The number of pyridine rings is 1. The summed E-state index contributed by atoms with van der Waals surface area (Å²) >= 11 is 4.90. The van der Waals surface area contributed by atoms with Crippen molar-refractivity contribution >= 4 is 22.9 Å². The molecule has 0 bridgehead atoms. The quantitative estimate of drug-likeness (QED) is 0.765. The normalized spacial score (nSPS) is 12.2. The van der Waals surface area contributed by atoms with Gasteiger partial charge in [-0.2, -0.15) is 0 Å². The molecule has 0 saturated heterocycles. The second kappa shape index (κ2) is 7.28. The molecule has 0 aromatic carbocycles. The van der Waals surface area contributed by atoms with Gasteiger partial charge in [0.2, 0.25) is 0 Å². The van der Waals surface area contributed by atoms with E-state index in [2.05, 4.69) is 23.7 Å². The lowest BCUT2D eigenvalue weighted by Gasteiger charge is -2.30. The molecule has 18 heavy (non-hydrogen) atoms. The summed E-state index contributed by atoms with van der Waals surface area (Å²) in [6.45, 7) is 5.90. The minimum absolute atomic E-state index is 0.327. The predicted molar refractivity (Wildman–Crippen MR) is 79.1 cm³/mol. The fourth-order valence-corrected chi connectivity index (χ4v) is 1.84. The number of nitrogens with zero attached hydrogens (tertiary/aromatic N) is 2. The fourth-order valence-electron chi connectivity index (χ4n) is 1.72. The molecule has 0 saturated carbocycles. The molecule has 0 radical (unpaired) electrons. The van der Waals surface area contributed by atoms with Crippen LogP contribution in [0.25, 0.3) is 0 Å². The van der Waals surface area contributed by atoms with E-state index in [1.807, 2.05) is 18.3 Å². The summed E-state index contributed by atoms with van der Waals surface area (Å²) < 4.78 is 5.15. The summed E-state index contributed by atoms with van der Waals surface area (Å²) in [7, 11) is 1.71. The van der Waals surface area contributed by atoms with Crippen molar-refractivity contribution in [3.05, 3.63) is 24.0 Å². The van der Waals surface area contributed by atoms with Gasteiger partial charge in [-0.15, -0.1) is 0 Å². The Morgan fingerprint density at radius 3 is 2.72 bits per heavy atom. The van der Waals surface area contributed by atoms with Crippen LogP contribution in [0.4, 0.5) is 5.69 Å². The van der Waals surface area contributed by atoms with Crippen molar-refractivity contribution in [3.8, 4) is 0 Å². The van der Waals surface area contributed by atoms with Crippen LogP contribution in [0.1, 0.15) is 26.0 Å². The molecule has 0 aliphatic heterocycles. The number of anilines is 1. The standard InChI is InChI=1S/C13H21N3OS/c1-4-10(2)16(7-8-17-3)11-5-6-12(13(14)18)15-9-11/h5-6,9-10H,4,7-8H2,1-3H3,(H2,14,18). The number of thiocarbonyl (C=S) groups is 1. The zero-order chi connectivity index (χ0) is 13.5. The van der Waals surface area contributed by atoms with E-state index in [1.165, 1.54) is 0 Å². The zero-order valence-corrected chi connectivity index (χ0v) is 12.0. The SMILES string of the molecule is CCC(C)N(CCOC)c1ccc(C(N)=S)nc1. The summed E-state index contributed by atoms with van der Waals surface area (Å²) in [5.41, 5.74) is 7.27. The molecule has 1 aromatic rings. The average Bonchev–Trinajstić information content (AvgIpc) is 2.39. The Labute approximate surface area is 114 Å². The van der Waals surface area contributed by atoms with Gasteiger partial charge in [-0.05, 0) is 25.5 Å². The molecule has 4 nitrogen and oxygen atoms in total. The van der Waals surface area contributed by atoms with E-state index >= 15 is 0 Å². The van der Waals surface area contributed by atoms with E-state index in [1.54, 1.807) is 7.11 Å². The number of nitrogens with two attached hydrogens (primary N) is 1. The lowest BCUT2D eigenvalue weighted by molar-refractivity contribution is 0.203. The molecule has 2 N–H and O–H groups in total. The lowest BCUT2D eigenvalue weighted by Crippen LogP contribution is -2.35. The number of methoxy groups -OCH3 is 1. The van der Waals surface area contributed by atoms with Gasteiger partial charge in [-0.25, -0.2) is 0 Å². The molecule has 1 aromatic heterocycles. The molecule has 5 heteroatoms.